The second kappa shape index (κ2) is 5.61. The molecule has 1 N–H and O–H groups in total. The van der Waals surface area contributed by atoms with Crippen LogP contribution < -0.4 is 5.32 Å². The van der Waals surface area contributed by atoms with Crippen LogP contribution in [0.1, 0.15) is 28.7 Å². The van der Waals surface area contributed by atoms with Crippen molar-refractivity contribution in [2.75, 3.05) is 7.05 Å². The first-order valence-electron chi connectivity index (χ1n) is 6.60. The molecule has 3 rings (SSSR count). The van der Waals surface area contributed by atoms with E-state index in [9.17, 15) is 0 Å². The van der Waals surface area contributed by atoms with Gasteiger partial charge in [-0.15, -0.1) is 0 Å². The predicted molar refractivity (Wildman–Crippen MR) is 85.7 cm³/mol. The van der Waals surface area contributed by atoms with Crippen LogP contribution in [0.4, 0.5) is 0 Å². The lowest BCUT2D eigenvalue weighted by molar-refractivity contribution is 0.685. The molecule has 0 saturated heterocycles. The fraction of sp³-hybridized carbons (Fsp3) is 0.176. The SMILES string of the molecule is CN[C@H]1C=C[C@@H](c2ccc(Cl)c(Cl)c2)c2ccccc21. The van der Waals surface area contributed by atoms with E-state index in [1.54, 1.807) is 0 Å². The van der Waals surface area contributed by atoms with E-state index < -0.39 is 0 Å². The molecule has 0 amide bonds. The smallest absolute Gasteiger partial charge is 0.0595 e. The number of nitrogens with one attached hydrogen (secondary N) is 1. The number of halogens is 2. The molecule has 2 aromatic carbocycles. The summed E-state index contributed by atoms with van der Waals surface area (Å²) in [5.41, 5.74) is 3.79. The molecule has 3 heteroatoms. The van der Waals surface area contributed by atoms with Crippen molar-refractivity contribution < 1.29 is 0 Å². The highest BCUT2D eigenvalue weighted by Crippen LogP contribution is 2.38. The van der Waals surface area contributed by atoms with Crippen molar-refractivity contribution in [2.45, 2.75) is 12.0 Å². The first-order valence-corrected chi connectivity index (χ1v) is 7.35. The van der Waals surface area contributed by atoms with Gasteiger partial charge in [0, 0.05) is 5.92 Å². The summed E-state index contributed by atoms with van der Waals surface area (Å²) in [4.78, 5) is 0. The van der Waals surface area contributed by atoms with Gasteiger partial charge in [0.2, 0.25) is 0 Å². The molecule has 0 spiro atoms. The summed E-state index contributed by atoms with van der Waals surface area (Å²) in [6.45, 7) is 0. The van der Waals surface area contributed by atoms with Crippen molar-refractivity contribution in [1.29, 1.82) is 0 Å². The maximum Gasteiger partial charge on any atom is 0.0595 e. The number of hydrogen-bond donors (Lipinski definition) is 1. The van der Waals surface area contributed by atoms with Gasteiger partial charge in [0.05, 0.1) is 16.1 Å². The summed E-state index contributed by atoms with van der Waals surface area (Å²) in [5, 5.41) is 4.52. The molecule has 102 valence electrons. The maximum absolute atomic E-state index is 6.15. The van der Waals surface area contributed by atoms with Crippen LogP contribution in [-0.2, 0) is 0 Å². The first-order chi connectivity index (χ1) is 9.70. The Morgan fingerprint density at radius 2 is 1.65 bits per heavy atom. The zero-order chi connectivity index (χ0) is 14.1. The number of benzene rings is 2. The Labute approximate surface area is 129 Å². The predicted octanol–water partition coefficient (Wildman–Crippen LogP) is 4.96. The lowest BCUT2D eigenvalue weighted by Crippen LogP contribution is -2.20. The number of rotatable bonds is 2. The third kappa shape index (κ3) is 2.37. The summed E-state index contributed by atoms with van der Waals surface area (Å²) in [7, 11) is 1.98. The van der Waals surface area contributed by atoms with Crippen molar-refractivity contribution in [3.63, 3.8) is 0 Å². The summed E-state index contributed by atoms with van der Waals surface area (Å²) in [6, 6.07) is 14.6. The standard InChI is InChI=1S/C17H15Cl2N/c1-20-17-9-7-12(13-4-2-3-5-14(13)17)11-6-8-15(18)16(19)10-11/h2-10,12,17,20H,1H3/t12-,17-/m0/s1. The number of fused-ring (bicyclic) bond motifs is 1. The topological polar surface area (TPSA) is 12.0 Å². The second-order valence-electron chi connectivity index (χ2n) is 4.93. The molecule has 0 radical (unpaired) electrons. The van der Waals surface area contributed by atoms with E-state index >= 15 is 0 Å². The van der Waals surface area contributed by atoms with Gasteiger partial charge in [-0.3, -0.25) is 0 Å². The molecule has 1 nitrogen and oxygen atoms in total. The molecule has 2 atom stereocenters. The van der Waals surface area contributed by atoms with E-state index in [0.717, 1.165) is 5.56 Å². The van der Waals surface area contributed by atoms with Crippen LogP contribution in [0.25, 0.3) is 0 Å². The van der Waals surface area contributed by atoms with Crippen molar-refractivity contribution in [3.05, 3.63) is 81.4 Å². The fourth-order valence-corrected chi connectivity index (χ4v) is 3.06. The van der Waals surface area contributed by atoms with Gasteiger partial charge < -0.3 is 5.32 Å². The monoisotopic (exact) mass is 303 g/mol. The molecule has 0 fully saturated rings. The highest BCUT2D eigenvalue weighted by molar-refractivity contribution is 6.42. The Morgan fingerprint density at radius 3 is 2.35 bits per heavy atom. The van der Waals surface area contributed by atoms with Crippen LogP contribution in [0.3, 0.4) is 0 Å². The Morgan fingerprint density at radius 1 is 0.900 bits per heavy atom. The van der Waals surface area contributed by atoms with Gasteiger partial charge in [-0.05, 0) is 35.9 Å². The van der Waals surface area contributed by atoms with Crippen molar-refractivity contribution in [2.24, 2.45) is 0 Å². The molecule has 0 aliphatic heterocycles. The molecule has 1 aliphatic rings. The third-order valence-electron chi connectivity index (χ3n) is 3.78. The normalized spacial score (nSPS) is 20.8. The molecular formula is C17H15Cl2N. The highest BCUT2D eigenvalue weighted by Gasteiger charge is 2.22. The summed E-state index contributed by atoms with van der Waals surface area (Å²) in [5.74, 6) is 0.227. The second-order valence-corrected chi connectivity index (χ2v) is 5.75. The van der Waals surface area contributed by atoms with Crippen molar-refractivity contribution in [1.82, 2.24) is 5.32 Å². The quantitative estimate of drug-likeness (QED) is 0.774. The Balaban J connectivity index is 2.09. The fourth-order valence-electron chi connectivity index (χ4n) is 2.76. The van der Waals surface area contributed by atoms with E-state index in [2.05, 4.69) is 41.7 Å². The molecule has 0 saturated carbocycles. The van der Waals surface area contributed by atoms with E-state index in [-0.39, 0.29) is 12.0 Å². The molecule has 0 bridgehead atoms. The molecule has 0 heterocycles. The largest absolute Gasteiger partial charge is 0.310 e. The molecular weight excluding hydrogens is 289 g/mol. The summed E-state index contributed by atoms with van der Waals surface area (Å²) < 4.78 is 0. The van der Waals surface area contributed by atoms with E-state index in [0.29, 0.717) is 10.0 Å². The highest BCUT2D eigenvalue weighted by atomic mass is 35.5. The average Bonchev–Trinajstić information content (AvgIpc) is 2.49. The van der Waals surface area contributed by atoms with E-state index in [4.69, 9.17) is 23.2 Å². The van der Waals surface area contributed by atoms with Crippen LogP contribution >= 0.6 is 23.2 Å². The van der Waals surface area contributed by atoms with Crippen LogP contribution in [0, 0.1) is 0 Å². The Bertz CT molecular complexity index is 664. The molecule has 0 aromatic heterocycles. The average molecular weight is 304 g/mol. The maximum atomic E-state index is 6.15. The molecule has 2 aromatic rings. The van der Waals surface area contributed by atoms with E-state index in [1.165, 1.54) is 11.1 Å². The van der Waals surface area contributed by atoms with Gasteiger partial charge in [0.25, 0.3) is 0 Å². The number of allylic oxidation sites excluding steroid dienone is 1. The Kier molecular flexibility index (Phi) is 3.84. The third-order valence-corrected chi connectivity index (χ3v) is 4.51. The number of likely N-dealkylation sites (N-methyl/N-ethyl adjacent to an activating group) is 1. The van der Waals surface area contributed by atoms with E-state index in [1.807, 2.05) is 25.2 Å². The van der Waals surface area contributed by atoms with Gasteiger partial charge in [-0.2, -0.15) is 0 Å². The Hall–Kier alpha value is -1.28. The zero-order valence-electron chi connectivity index (χ0n) is 11.1. The van der Waals surface area contributed by atoms with Gasteiger partial charge in [-0.25, -0.2) is 0 Å². The molecule has 20 heavy (non-hydrogen) atoms. The van der Waals surface area contributed by atoms with Crippen molar-refractivity contribution in [3.8, 4) is 0 Å². The summed E-state index contributed by atoms with van der Waals surface area (Å²) >= 11 is 12.2. The lowest BCUT2D eigenvalue weighted by Gasteiger charge is -2.27. The van der Waals surface area contributed by atoms with Crippen molar-refractivity contribution >= 4 is 23.2 Å². The van der Waals surface area contributed by atoms with Crippen LogP contribution in [0.15, 0.2) is 54.6 Å². The van der Waals surface area contributed by atoms with Crippen LogP contribution in [0.5, 0.6) is 0 Å². The minimum absolute atomic E-state index is 0.227. The minimum atomic E-state index is 0.227. The van der Waals surface area contributed by atoms with Crippen LogP contribution in [0.2, 0.25) is 10.0 Å². The lowest BCUT2D eigenvalue weighted by atomic mass is 9.81. The van der Waals surface area contributed by atoms with Gasteiger partial charge in [0.15, 0.2) is 0 Å². The van der Waals surface area contributed by atoms with Gasteiger partial charge in [0.1, 0.15) is 0 Å². The minimum Gasteiger partial charge on any atom is -0.310 e. The van der Waals surface area contributed by atoms with Gasteiger partial charge >= 0.3 is 0 Å². The zero-order valence-corrected chi connectivity index (χ0v) is 12.6. The van der Waals surface area contributed by atoms with Crippen LogP contribution in [-0.4, -0.2) is 7.05 Å². The first kappa shape index (κ1) is 13.7. The number of hydrogen-bond acceptors (Lipinski definition) is 1. The summed E-state index contributed by atoms with van der Waals surface area (Å²) in [6.07, 6.45) is 4.43. The molecule has 1 aliphatic carbocycles. The van der Waals surface area contributed by atoms with Gasteiger partial charge in [-0.1, -0.05) is 65.7 Å². The molecule has 0 unspecified atom stereocenters.